The fourth-order valence-corrected chi connectivity index (χ4v) is 2.22. The highest BCUT2D eigenvalue weighted by atomic mass is 16.2. The number of carbonyl (C=O) groups is 1. The van der Waals surface area contributed by atoms with Crippen molar-refractivity contribution in [1.29, 1.82) is 0 Å². The molecule has 1 aromatic rings. The van der Waals surface area contributed by atoms with Crippen LogP contribution in [-0.2, 0) is 0 Å². The van der Waals surface area contributed by atoms with Crippen LogP contribution < -0.4 is 10.6 Å². The lowest BCUT2D eigenvalue weighted by Crippen LogP contribution is -2.33. The van der Waals surface area contributed by atoms with Gasteiger partial charge >= 0.3 is 6.03 Å². The third-order valence-corrected chi connectivity index (χ3v) is 3.40. The standard InChI is InChI=1S/C15H20N2O/c1-12-7-9-13(10-8-12)11-16-15(18)17-14-5-3-2-4-6-14/h2-6,13H,1,7-11H2,(H2,16,17,18). The molecule has 2 N–H and O–H groups in total. The zero-order chi connectivity index (χ0) is 12.8. The fourth-order valence-electron chi connectivity index (χ4n) is 2.22. The molecule has 0 bridgehead atoms. The average molecular weight is 244 g/mol. The zero-order valence-corrected chi connectivity index (χ0v) is 10.6. The third-order valence-electron chi connectivity index (χ3n) is 3.40. The number of hydrogen-bond donors (Lipinski definition) is 2. The van der Waals surface area contributed by atoms with Crippen molar-refractivity contribution in [2.45, 2.75) is 25.7 Å². The minimum atomic E-state index is -0.120. The lowest BCUT2D eigenvalue weighted by Gasteiger charge is -2.23. The molecule has 0 atom stereocenters. The van der Waals surface area contributed by atoms with Crippen LogP contribution in [0.4, 0.5) is 10.5 Å². The van der Waals surface area contributed by atoms with Gasteiger partial charge in [-0.2, -0.15) is 0 Å². The van der Waals surface area contributed by atoms with Gasteiger partial charge in [-0.3, -0.25) is 0 Å². The Labute approximate surface area is 108 Å². The number of carbonyl (C=O) groups excluding carboxylic acids is 1. The summed E-state index contributed by atoms with van der Waals surface area (Å²) in [6.45, 7) is 4.76. The quantitative estimate of drug-likeness (QED) is 0.784. The van der Waals surface area contributed by atoms with Crippen molar-refractivity contribution < 1.29 is 4.79 Å². The second-order valence-electron chi connectivity index (χ2n) is 4.89. The average Bonchev–Trinajstić information content (AvgIpc) is 2.39. The molecule has 3 nitrogen and oxygen atoms in total. The van der Waals surface area contributed by atoms with Crippen LogP contribution in [0.5, 0.6) is 0 Å². The first-order chi connectivity index (χ1) is 8.74. The van der Waals surface area contributed by atoms with Crippen LogP contribution >= 0.6 is 0 Å². The van der Waals surface area contributed by atoms with E-state index in [2.05, 4.69) is 17.2 Å². The van der Waals surface area contributed by atoms with Crippen molar-refractivity contribution in [2.24, 2.45) is 5.92 Å². The van der Waals surface area contributed by atoms with Crippen LogP contribution in [0.2, 0.25) is 0 Å². The van der Waals surface area contributed by atoms with E-state index in [9.17, 15) is 4.79 Å². The van der Waals surface area contributed by atoms with E-state index in [1.807, 2.05) is 30.3 Å². The van der Waals surface area contributed by atoms with Crippen LogP contribution in [-0.4, -0.2) is 12.6 Å². The molecule has 96 valence electrons. The predicted octanol–water partition coefficient (Wildman–Crippen LogP) is 3.55. The molecule has 0 aromatic heterocycles. The van der Waals surface area contributed by atoms with Gasteiger partial charge in [-0.25, -0.2) is 4.79 Å². The Kier molecular flexibility index (Phi) is 4.40. The topological polar surface area (TPSA) is 41.1 Å². The van der Waals surface area contributed by atoms with E-state index in [0.29, 0.717) is 5.92 Å². The number of benzene rings is 1. The molecular weight excluding hydrogens is 224 g/mol. The lowest BCUT2D eigenvalue weighted by molar-refractivity contribution is 0.248. The van der Waals surface area contributed by atoms with Crippen LogP contribution in [0.25, 0.3) is 0 Å². The molecule has 1 saturated carbocycles. The van der Waals surface area contributed by atoms with Crippen molar-refractivity contribution in [3.63, 3.8) is 0 Å². The minimum Gasteiger partial charge on any atom is -0.338 e. The van der Waals surface area contributed by atoms with Crippen molar-refractivity contribution >= 4 is 11.7 Å². The molecule has 1 fully saturated rings. The lowest BCUT2D eigenvalue weighted by atomic mass is 9.86. The molecule has 18 heavy (non-hydrogen) atoms. The van der Waals surface area contributed by atoms with E-state index in [4.69, 9.17) is 0 Å². The van der Waals surface area contributed by atoms with E-state index in [-0.39, 0.29) is 6.03 Å². The van der Waals surface area contributed by atoms with Crippen LogP contribution in [0.3, 0.4) is 0 Å². The number of anilines is 1. The highest BCUT2D eigenvalue weighted by Crippen LogP contribution is 2.26. The fraction of sp³-hybridized carbons (Fsp3) is 0.400. The molecule has 3 heteroatoms. The van der Waals surface area contributed by atoms with E-state index >= 15 is 0 Å². The van der Waals surface area contributed by atoms with Gasteiger partial charge < -0.3 is 10.6 Å². The second-order valence-corrected chi connectivity index (χ2v) is 4.89. The van der Waals surface area contributed by atoms with E-state index in [1.54, 1.807) is 0 Å². The maximum Gasteiger partial charge on any atom is 0.319 e. The number of para-hydroxylation sites is 1. The molecule has 0 unspecified atom stereocenters. The van der Waals surface area contributed by atoms with Gasteiger partial charge in [-0.15, -0.1) is 0 Å². The van der Waals surface area contributed by atoms with Crippen molar-refractivity contribution in [2.75, 3.05) is 11.9 Å². The van der Waals surface area contributed by atoms with Gasteiger partial charge in [0.25, 0.3) is 0 Å². The van der Waals surface area contributed by atoms with Crippen LogP contribution in [0.15, 0.2) is 42.5 Å². The Bertz CT molecular complexity index is 404. The van der Waals surface area contributed by atoms with Crippen molar-refractivity contribution in [1.82, 2.24) is 5.32 Å². The Morgan fingerprint density at radius 3 is 2.56 bits per heavy atom. The largest absolute Gasteiger partial charge is 0.338 e. The molecular formula is C15H20N2O. The summed E-state index contributed by atoms with van der Waals surface area (Å²) in [6.07, 6.45) is 4.49. The Balaban J connectivity index is 1.70. The van der Waals surface area contributed by atoms with Crippen molar-refractivity contribution in [3.05, 3.63) is 42.5 Å². The summed E-state index contributed by atoms with van der Waals surface area (Å²) >= 11 is 0. The highest BCUT2D eigenvalue weighted by Gasteiger charge is 2.16. The molecule has 1 aliphatic rings. The number of rotatable bonds is 3. The number of urea groups is 1. The molecule has 0 aliphatic heterocycles. The summed E-state index contributed by atoms with van der Waals surface area (Å²) in [5.74, 6) is 0.594. The van der Waals surface area contributed by atoms with E-state index in [0.717, 1.165) is 37.9 Å². The highest BCUT2D eigenvalue weighted by molar-refractivity contribution is 5.89. The van der Waals surface area contributed by atoms with Gasteiger partial charge in [0.15, 0.2) is 0 Å². The second kappa shape index (κ2) is 6.24. The smallest absolute Gasteiger partial charge is 0.319 e. The molecule has 0 radical (unpaired) electrons. The number of allylic oxidation sites excluding steroid dienone is 1. The summed E-state index contributed by atoms with van der Waals surface area (Å²) in [4.78, 5) is 11.7. The monoisotopic (exact) mass is 244 g/mol. The van der Waals surface area contributed by atoms with Gasteiger partial charge in [0, 0.05) is 12.2 Å². The van der Waals surface area contributed by atoms with E-state index in [1.165, 1.54) is 5.57 Å². The predicted molar refractivity (Wildman–Crippen MR) is 74.6 cm³/mol. The normalized spacial score (nSPS) is 16.3. The van der Waals surface area contributed by atoms with Crippen molar-refractivity contribution in [3.8, 4) is 0 Å². The summed E-state index contributed by atoms with van der Waals surface area (Å²) in [5, 5.41) is 5.76. The van der Waals surface area contributed by atoms with E-state index < -0.39 is 0 Å². The molecule has 1 aromatic carbocycles. The maximum absolute atomic E-state index is 11.7. The molecule has 2 rings (SSSR count). The van der Waals surface area contributed by atoms with Gasteiger partial charge in [0.1, 0.15) is 0 Å². The first kappa shape index (κ1) is 12.7. The van der Waals surface area contributed by atoms with Gasteiger partial charge in [0.05, 0.1) is 0 Å². The van der Waals surface area contributed by atoms with Gasteiger partial charge in [0.2, 0.25) is 0 Å². The number of hydrogen-bond acceptors (Lipinski definition) is 1. The maximum atomic E-state index is 11.7. The first-order valence-corrected chi connectivity index (χ1v) is 6.50. The molecule has 2 amide bonds. The Hall–Kier alpha value is -1.77. The molecule has 0 heterocycles. The van der Waals surface area contributed by atoms with Crippen LogP contribution in [0, 0.1) is 5.92 Å². The third kappa shape index (κ3) is 3.91. The summed E-state index contributed by atoms with van der Waals surface area (Å²) in [5.41, 5.74) is 2.17. The summed E-state index contributed by atoms with van der Waals surface area (Å²) in [7, 11) is 0. The Morgan fingerprint density at radius 1 is 1.22 bits per heavy atom. The number of amides is 2. The first-order valence-electron chi connectivity index (χ1n) is 6.50. The number of nitrogens with one attached hydrogen (secondary N) is 2. The molecule has 0 spiro atoms. The van der Waals surface area contributed by atoms with Crippen LogP contribution in [0.1, 0.15) is 25.7 Å². The van der Waals surface area contributed by atoms with Gasteiger partial charge in [-0.1, -0.05) is 30.4 Å². The zero-order valence-electron chi connectivity index (χ0n) is 10.6. The molecule has 1 aliphatic carbocycles. The molecule has 0 saturated heterocycles. The SMILES string of the molecule is C=C1CCC(CNC(=O)Nc2ccccc2)CC1. The van der Waals surface area contributed by atoms with Gasteiger partial charge in [-0.05, 0) is 43.7 Å². The summed E-state index contributed by atoms with van der Waals surface area (Å²) in [6, 6.07) is 9.38. The Morgan fingerprint density at radius 2 is 1.89 bits per heavy atom. The summed E-state index contributed by atoms with van der Waals surface area (Å²) < 4.78 is 0. The minimum absolute atomic E-state index is 0.120.